The van der Waals surface area contributed by atoms with Crippen LogP contribution in [0.2, 0.25) is 0 Å². The summed E-state index contributed by atoms with van der Waals surface area (Å²) in [6.07, 6.45) is 6.27. The van der Waals surface area contributed by atoms with E-state index < -0.39 is 0 Å². The molecule has 2 aliphatic rings. The average Bonchev–Trinajstić information content (AvgIpc) is 2.96. The van der Waals surface area contributed by atoms with E-state index in [0.29, 0.717) is 12.5 Å². The molecule has 1 aliphatic heterocycles. The molecule has 25 heavy (non-hydrogen) atoms. The molecule has 1 aliphatic carbocycles. The van der Waals surface area contributed by atoms with Crippen LogP contribution in [0.3, 0.4) is 0 Å². The van der Waals surface area contributed by atoms with Gasteiger partial charge < -0.3 is 14.5 Å². The number of nitrogens with zero attached hydrogens (tertiary/aromatic N) is 4. The Hall–Kier alpha value is -2.18. The lowest BCUT2D eigenvalue weighted by Crippen LogP contribution is -2.48. The highest BCUT2D eigenvalue weighted by atomic mass is 16.5. The van der Waals surface area contributed by atoms with E-state index in [1.54, 1.807) is 0 Å². The number of esters is 1. The SMILES string of the molecule is COC(=O)CCC(=O)N1CCCC2(CCc3cnc(N(C)C)nc32)C1. The third kappa shape index (κ3) is 3.45. The van der Waals surface area contributed by atoms with Gasteiger partial charge in [0.2, 0.25) is 11.9 Å². The summed E-state index contributed by atoms with van der Waals surface area (Å²) in [5.74, 6) is 0.406. The van der Waals surface area contributed by atoms with Crippen molar-refractivity contribution in [1.29, 1.82) is 0 Å². The first kappa shape index (κ1) is 17.6. The minimum absolute atomic E-state index is 0.0276. The Balaban J connectivity index is 1.77. The molecule has 7 heteroatoms. The number of rotatable bonds is 4. The van der Waals surface area contributed by atoms with Gasteiger partial charge in [0.1, 0.15) is 0 Å². The molecule has 3 rings (SSSR count). The topological polar surface area (TPSA) is 75.6 Å². The maximum absolute atomic E-state index is 12.5. The molecule has 2 heterocycles. The number of carbonyl (C=O) groups excluding carboxylic acids is 2. The molecule has 1 saturated heterocycles. The van der Waals surface area contributed by atoms with Crippen LogP contribution in [0.5, 0.6) is 0 Å². The lowest BCUT2D eigenvalue weighted by molar-refractivity contribution is -0.144. The maximum atomic E-state index is 12.5. The maximum Gasteiger partial charge on any atom is 0.306 e. The van der Waals surface area contributed by atoms with Gasteiger partial charge in [0.15, 0.2) is 0 Å². The summed E-state index contributed by atoms with van der Waals surface area (Å²) in [7, 11) is 5.22. The molecule has 0 N–H and O–H groups in total. The molecule has 1 amide bonds. The Labute approximate surface area is 148 Å². The van der Waals surface area contributed by atoms with Gasteiger partial charge in [-0.05, 0) is 31.2 Å². The zero-order valence-electron chi connectivity index (χ0n) is 15.2. The van der Waals surface area contributed by atoms with Gasteiger partial charge in [0.05, 0.1) is 19.2 Å². The van der Waals surface area contributed by atoms with Crippen LogP contribution in [0.15, 0.2) is 6.20 Å². The van der Waals surface area contributed by atoms with Gasteiger partial charge in [-0.2, -0.15) is 0 Å². The van der Waals surface area contributed by atoms with Crippen molar-refractivity contribution in [2.24, 2.45) is 0 Å². The van der Waals surface area contributed by atoms with Crippen molar-refractivity contribution in [2.75, 3.05) is 39.2 Å². The van der Waals surface area contributed by atoms with Crippen molar-refractivity contribution in [3.05, 3.63) is 17.5 Å². The minimum atomic E-state index is -0.338. The van der Waals surface area contributed by atoms with E-state index in [9.17, 15) is 9.59 Å². The molecule has 0 saturated carbocycles. The van der Waals surface area contributed by atoms with E-state index in [1.165, 1.54) is 12.7 Å². The molecule has 1 fully saturated rings. The number of methoxy groups -OCH3 is 1. The summed E-state index contributed by atoms with van der Waals surface area (Å²) < 4.78 is 4.63. The number of hydrogen-bond acceptors (Lipinski definition) is 6. The molecule has 1 aromatic heterocycles. The Morgan fingerprint density at radius 2 is 2.12 bits per heavy atom. The molecule has 1 aromatic rings. The van der Waals surface area contributed by atoms with Gasteiger partial charge in [0, 0.05) is 45.2 Å². The second-order valence-electron chi connectivity index (χ2n) is 7.21. The van der Waals surface area contributed by atoms with Gasteiger partial charge >= 0.3 is 5.97 Å². The number of piperidine rings is 1. The third-order valence-electron chi connectivity index (χ3n) is 5.33. The molecule has 1 spiro atoms. The lowest BCUT2D eigenvalue weighted by atomic mass is 9.77. The fourth-order valence-corrected chi connectivity index (χ4v) is 3.96. The van der Waals surface area contributed by atoms with E-state index in [1.807, 2.05) is 30.1 Å². The summed E-state index contributed by atoms with van der Waals surface area (Å²) in [4.78, 5) is 36.9. The second-order valence-corrected chi connectivity index (χ2v) is 7.21. The average molecular weight is 346 g/mol. The van der Waals surface area contributed by atoms with Crippen molar-refractivity contribution >= 4 is 17.8 Å². The zero-order chi connectivity index (χ0) is 18.0. The van der Waals surface area contributed by atoms with Crippen LogP contribution in [0.4, 0.5) is 5.95 Å². The van der Waals surface area contributed by atoms with Crippen molar-refractivity contribution in [2.45, 2.75) is 43.9 Å². The number of aromatic nitrogens is 2. The van der Waals surface area contributed by atoms with Crippen LogP contribution < -0.4 is 4.90 Å². The van der Waals surface area contributed by atoms with Gasteiger partial charge in [0.25, 0.3) is 0 Å². The lowest BCUT2D eigenvalue weighted by Gasteiger charge is -2.40. The van der Waals surface area contributed by atoms with E-state index in [-0.39, 0.29) is 30.1 Å². The summed E-state index contributed by atoms with van der Waals surface area (Å²) in [5, 5.41) is 0. The summed E-state index contributed by atoms with van der Waals surface area (Å²) in [6, 6.07) is 0. The third-order valence-corrected chi connectivity index (χ3v) is 5.33. The number of likely N-dealkylation sites (tertiary alicyclic amines) is 1. The van der Waals surface area contributed by atoms with Crippen LogP contribution in [0.1, 0.15) is 43.4 Å². The highest BCUT2D eigenvalue weighted by Gasteiger charge is 2.44. The van der Waals surface area contributed by atoms with Crippen LogP contribution in [-0.4, -0.2) is 61.0 Å². The molecule has 0 aromatic carbocycles. The first-order chi connectivity index (χ1) is 11.9. The van der Waals surface area contributed by atoms with Crippen molar-refractivity contribution < 1.29 is 14.3 Å². The number of anilines is 1. The van der Waals surface area contributed by atoms with Gasteiger partial charge in [-0.3, -0.25) is 9.59 Å². The predicted octanol–water partition coefficient (Wildman–Crippen LogP) is 1.30. The molecular weight excluding hydrogens is 320 g/mol. The summed E-state index contributed by atoms with van der Waals surface area (Å²) >= 11 is 0. The summed E-state index contributed by atoms with van der Waals surface area (Å²) in [5.41, 5.74) is 2.24. The number of amides is 1. The number of carbonyl (C=O) groups is 2. The monoisotopic (exact) mass is 346 g/mol. The van der Waals surface area contributed by atoms with E-state index >= 15 is 0 Å². The van der Waals surface area contributed by atoms with Crippen LogP contribution in [-0.2, 0) is 26.2 Å². The molecule has 1 atom stereocenters. The van der Waals surface area contributed by atoms with Crippen molar-refractivity contribution in [3.8, 4) is 0 Å². The Morgan fingerprint density at radius 3 is 2.84 bits per heavy atom. The van der Waals surface area contributed by atoms with Gasteiger partial charge in [-0.15, -0.1) is 0 Å². The van der Waals surface area contributed by atoms with Crippen LogP contribution >= 0.6 is 0 Å². The quantitative estimate of drug-likeness (QED) is 0.765. The molecule has 1 unspecified atom stereocenters. The largest absolute Gasteiger partial charge is 0.469 e. The predicted molar refractivity (Wildman–Crippen MR) is 93.4 cm³/mol. The van der Waals surface area contributed by atoms with Crippen molar-refractivity contribution in [3.63, 3.8) is 0 Å². The summed E-state index contributed by atoms with van der Waals surface area (Å²) in [6.45, 7) is 1.44. The highest BCUT2D eigenvalue weighted by molar-refractivity contribution is 5.81. The van der Waals surface area contributed by atoms with Gasteiger partial charge in [-0.25, -0.2) is 9.97 Å². The molecule has 136 valence electrons. The first-order valence-corrected chi connectivity index (χ1v) is 8.83. The Bertz CT molecular complexity index is 672. The first-order valence-electron chi connectivity index (χ1n) is 8.83. The molecule has 0 bridgehead atoms. The van der Waals surface area contributed by atoms with E-state index in [0.717, 1.165) is 37.9 Å². The Morgan fingerprint density at radius 1 is 1.32 bits per heavy atom. The fraction of sp³-hybridized carbons (Fsp3) is 0.667. The normalized spacial score (nSPS) is 22.0. The molecule has 0 radical (unpaired) electrons. The molecule has 7 nitrogen and oxygen atoms in total. The second kappa shape index (κ2) is 6.98. The standard InChI is InChI=1S/C18H26N4O3/c1-21(2)17-19-11-13-7-9-18(16(13)20-17)8-4-10-22(12-18)14(23)5-6-15(24)25-3/h11H,4-10,12H2,1-3H3. The van der Waals surface area contributed by atoms with E-state index in [4.69, 9.17) is 4.98 Å². The van der Waals surface area contributed by atoms with Crippen LogP contribution in [0.25, 0.3) is 0 Å². The number of hydrogen-bond donors (Lipinski definition) is 0. The fourth-order valence-electron chi connectivity index (χ4n) is 3.96. The highest BCUT2D eigenvalue weighted by Crippen LogP contribution is 2.44. The zero-order valence-corrected chi connectivity index (χ0v) is 15.2. The van der Waals surface area contributed by atoms with Crippen molar-refractivity contribution in [1.82, 2.24) is 14.9 Å². The van der Waals surface area contributed by atoms with Crippen LogP contribution in [0, 0.1) is 0 Å². The molecular formula is C18H26N4O3. The van der Waals surface area contributed by atoms with Gasteiger partial charge in [-0.1, -0.05) is 0 Å². The number of fused-ring (bicyclic) bond motifs is 2. The Kier molecular flexibility index (Phi) is 4.92. The smallest absolute Gasteiger partial charge is 0.306 e. The number of ether oxygens (including phenoxy) is 1. The minimum Gasteiger partial charge on any atom is -0.469 e. The van der Waals surface area contributed by atoms with E-state index in [2.05, 4.69) is 9.72 Å². The number of aryl methyl sites for hydroxylation is 1.